The second kappa shape index (κ2) is 40.7. The van der Waals surface area contributed by atoms with Crippen LogP contribution in [0.4, 0.5) is 0 Å². The molecule has 0 unspecified atom stereocenters. The topological polar surface area (TPSA) is 66.1 Å². The van der Waals surface area contributed by atoms with E-state index in [0.717, 1.165) is 103 Å². The van der Waals surface area contributed by atoms with Crippen molar-refractivity contribution in [3.63, 3.8) is 0 Å². The van der Waals surface area contributed by atoms with Gasteiger partial charge in [0.1, 0.15) is 11.5 Å². The Morgan fingerprint density at radius 2 is 0.417 bits per heavy atom. The van der Waals surface area contributed by atoms with Crippen molar-refractivity contribution in [2.24, 2.45) is 21.7 Å². The second-order valence-electron chi connectivity index (χ2n) is 60.1. The van der Waals surface area contributed by atoms with Gasteiger partial charge in [-0.3, -0.25) is 0 Å². The third-order valence-corrected chi connectivity index (χ3v) is 37.4. The molecule has 4 nitrogen and oxygen atoms in total. The van der Waals surface area contributed by atoms with Gasteiger partial charge in [-0.25, -0.2) is 0 Å². The first-order chi connectivity index (χ1) is 63.8. The quantitative estimate of drug-likeness (QED) is 0.0307. The minimum Gasteiger partial charge on any atom is -0.585 e. The van der Waals surface area contributed by atoms with E-state index < -0.39 is 8.07 Å². The minimum absolute atomic E-state index is 0. The van der Waals surface area contributed by atoms with Crippen molar-refractivity contribution in [1.82, 2.24) is 0 Å². The number of ether oxygens (including phenoxy) is 2. The molecule has 12 aromatic carbocycles. The van der Waals surface area contributed by atoms with Crippen LogP contribution in [0.3, 0.4) is 0 Å². The standard InChI is InChI=1S/C136H188O4Si.2CH3.Hf/c1-83(2)141(84(3)4,81-139-113-59-53-91(133(41,42)77-121(5,6)7)71-103(113)109-73-97(135(45,46)79-123(11,12)13)75-111(119(109)137)117-99-55-49-87(125(17,18)19)67-105(99)115(106-68-88(126(20,21)22)50-56-100(106)117)85-61-93(129(29,30)31)65-94(62-85)130(32,33)34)82-140-114-60-54-92(134(43,44)78-122(8,9)10)72-104(114)110-74-98(136(47,48)80-124(14,15)16)76-112(120(110)138)118-101-57-51-89(127(23,24)25)69-107(101)116(108-70-90(128(26,27)28)52-58-102(108)118)86-63-95(131(35,36)37)66-96(64-86)132(38,39)40;;;/h49-76,83-84,137-138H,77-82H2,1-48H3;2*1H3;/q;2*-1;/p+2. The molecule has 0 saturated heterocycles. The molecule has 0 heterocycles. The van der Waals surface area contributed by atoms with Crippen LogP contribution in [0.5, 0.6) is 23.0 Å². The molecule has 0 fully saturated rings. The van der Waals surface area contributed by atoms with Gasteiger partial charge in [-0.15, -0.1) is 0 Å². The molecule has 0 aromatic heterocycles. The fourth-order valence-corrected chi connectivity index (χ4v) is 27.7. The third-order valence-electron chi connectivity index (χ3n) is 31.3. The van der Waals surface area contributed by atoms with E-state index in [2.05, 4.69) is 502 Å². The maximum absolute atomic E-state index is 14.7. The Balaban J connectivity index is 0.00000770. The molecule has 780 valence electrons. The van der Waals surface area contributed by atoms with Crippen LogP contribution in [-0.4, -0.2) is 40.2 Å². The Hall–Kier alpha value is -8.03. The van der Waals surface area contributed by atoms with E-state index in [-0.39, 0.29) is 150 Å². The van der Waals surface area contributed by atoms with Crippen LogP contribution < -0.4 is 0 Å². The molecule has 0 spiro atoms. The first kappa shape index (κ1) is 119. The number of hydrogen-bond donors (Lipinski definition) is 2. The van der Waals surface area contributed by atoms with Gasteiger partial charge < -0.3 is 34.5 Å². The van der Waals surface area contributed by atoms with E-state index in [1.54, 1.807) is 0 Å². The summed E-state index contributed by atoms with van der Waals surface area (Å²) in [5.74, 6) is 2.28. The number of aliphatic hydroxyl groups is 2. The molecule has 0 radical (unpaired) electrons. The van der Waals surface area contributed by atoms with Crippen LogP contribution in [0.1, 0.15) is 425 Å². The van der Waals surface area contributed by atoms with Crippen molar-refractivity contribution < 1.29 is 45.5 Å². The minimum atomic E-state index is -2.79. The number of phenolic OH excluding ortho intramolecular Hbond substituents is 2. The Morgan fingerprint density at radius 1 is 0.215 bits per heavy atom. The summed E-state index contributed by atoms with van der Waals surface area (Å²) < 4.78 is 12.5. The van der Waals surface area contributed by atoms with Gasteiger partial charge in [0.25, 0.3) is 19.6 Å². The van der Waals surface area contributed by atoms with Crippen LogP contribution in [-0.2, 0) is 90.8 Å². The SMILES string of the molecule is CC(C)[Si](C[OH+]c1ccc(C(C)(C)CC(C)(C)C)cc1-c1cc(C(C)(C)CC(C)(C)C)cc(-c2c3ccc(C(C)(C)C)cc3c(-c3cc(C(C)(C)C)cc(C(C)(C)C)c3)c3cc(C(C)(C)C)ccc23)c1O)(C[OH+]c1ccc(C(C)(C)CC(C)(C)C)cc1-c1cc(C(C)(C)CC(C)(C)C)cc(-c2c3ccc(C(C)(C)C)cc3c(-c3cc(C(C)(C)C)cc(C(C)(C)C)c3)c3cc(C(C)(C)C)ccc23)c1O)C(C)C.[CH3-].[CH3-].[Hf]. The summed E-state index contributed by atoms with van der Waals surface area (Å²) >= 11 is 0. The Kier molecular flexibility index (Phi) is 33.8. The molecule has 0 amide bonds. The summed E-state index contributed by atoms with van der Waals surface area (Å²) in [6.07, 6.45) is 4.85. The summed E-state index contributed by atoms with van der Waals surface area (Å²) in [6, 6.07) is 67.8. The molecule has 0 aliphatic rings. The maximum atomic E-state index is 14.7. The summed E-state index contributed by atoms with van der Waals surface area (Å²) in [5, 5.41) is 38.7. The fourth-order valence-electron chi connectivity index (χ4n) is 23.9. The molecular weight excluding hydrogens is 1930 g/mol. The summed E-state index contributed by atoms with van der Waals surface area (Å²) in [4.78, 5) is 0. The number of fused-ring (bicyclic) bond motifs is 4. The van der Waals surface area contributed by atoms with Gasteiger partial charge in [-0.2, -0.15) is 0 Å². The van der Waals surface area contributed by atoms with E-state index >= 15 is 0 Å². The van der Waals surface area contributed by atoms with Crippen molar-refractivity contribution in [2.45, 2.75) is 434 Å². The number of hydrogen-bond acceptors (Lipinski definition) is 2. The molecule has 0 atom stereocenters. The van der Waals surface area contributed by atoms with Gasteiger partial charge in [-0.05, 0) is 328 Å². The predicted molar refractivity (Wildman–Crippen MR) is 639 cm³/mol. The molecule has 6 heteroatoms. The average Bonchev–Trinajstić information content (AvgIpc) is 0.714. The molecular formula is C138H196HfO4Si. The van der Waals surface area contributed by atoms with Crippen molar-refractivity contribution in [3.05, 3.63) is 251 Å². The van der Waals surface area contributed by atoms with E-state index in [9.17, 15) is 10.2 Å². The largest absolute Gasteiger partial charge is 0.585 e. The van der Waals surface area contributed by atoms with Gasteiger partial charge in [0, 0.05) is 71.4 Å². The number of phenols is 2. The van der Waals surface area contributed by atoms with Gasteiger partial charge in [0.15, 0.2) is 12.5 Å². The normalized spacial score (nSPS) is 13.7. The van der Waals surface area contributed by atoms with Crippen LogP contribution in [0.25, 0.3) is 110 Å². The van der Waals surface area contributed by atoms with E-state index in [0.29, 0.717) is 12.5 Å². The van der Waals surface area contributed by atoms with Crippen molar-refractivity contribution in [2.75, 3.05) is 12.5 Å². The van der Waals surface area contributed by atoms with E-state index in [1.165, 1.54) is 111 Å². The Labute approximate surface area is 899 Å². The van der Waals surface area contributed by atoms with Crippen molar-refractivity contribution >= 4 is 51.2 Å². The number of rotatable bonds is 22. The van der Waals surface area contributed by atoms with Crippen LogP contribution >= 0.6 is 0 Å². The van der Waals surface area contributed by atoms with Crippen LogP contribution in [0, 0.1) is 36.5 Å². The summed E-state index contributed by atoms with van der Waals surface area (Å²) in [6.45, 7) is 114. The summed E-state index contributed by atoms with van der Waals surface area (Å²) in [5.41, 5.74) is 25.1. The smallest absolute Gasteiger partial charge is 0.267 e. The van der Waals surface area contributed by atoms with Gasteiger partial charge in [-0.1, -0.05) is 417 Å². The zero-order valence-corrected chi connectivity index (χ0v) is 105. The first-order valence-electron chi connectivity index (χ1n) is 53.7. The Morgan fingerprint density at radius 3 is 0.625 bits per heavy atom. The predicted octanol–water partition coefficient (Wildman–Crippen LogP) is 41.4. The van der Waals surface area contributed by atoms with Crippen LogP contribution in [0.2, 0.25) is 11.1 Å². The molecule has 0 aliphatic heterocycles. The van der Waals surface area contributed by atoms with Crippen molar-refractivity contribution in [3.8, 4) is 89.8 Å². The molecule has 12 aromatic rings. The first-order valence-corrected chi connectivity index (χ1v) is 56.2. The van der Waals surface area contributed by atoms with Crippen molar-refractivity contribution in [1.29, 1.82) is 0 Å². The van der Waals surface area contributed by atoms with E-state index in [1.807, 2.05) is 0 Å². The fraction of sp³-hybridized carbons (Fsp3) is 0.522. The summed E-state index contributed by atoms with van der Waals surface area (Å²) in [7, 11) is -2.79. The van der Waals surface area contributed by atoms with Gasteiger partial charge >= 0.3 is 0 Å². The van der Waals surface area contributed by atoms with Gasteiger partial charge in [0.05, 0.1) is 11.1 Å². The molecule has 4 N–H and O–H groups in total. The molecule has 144 heavy (non-hydrogen) atoms. The molecule has 0 saturated carbocycles. The average molecular weight is 2130 g/mol. The van der Waals surface area contributed by atoms with E-state index in [4.69, 9.17) is 9.47 Å². The zero-order chi connectivity index (χ0) is 106. The monoisotopic (exact) mass is 2130 g/mol. The third kappa shape index (κ3) is 26.0. The Bertz CT molecular complexity index is 6090. The molecule has 0 bridgehead atoms. The van der Waals surface area contributed by atoms with Gasteiger partial charge in [0.2, 0.25) is 0 Å². The maximum Gasteiger partial charge on any atom is 0.267 e. The number of benzene rings is 12. The molecule has 12 rings (SSSR count). The zero-order valence-electron chi connectivity index (χ0n) is 100. The second-order valence-corrected chi connectivity index (χ2v) is 65.5. The van der Waals surface area contributed by atoms with Crippen LogP contribution in [0.15, 0.2) is 170 Å². The molecule has 0 aliphatic carbocycles. The number of aromatic hydroxyl groups is 4.